The fraction of sp³-hybridized carbons (Fsp3) is 0.143. The van der Waals surface area contributed by atoms with Crippen LogP contribution in [0.1, 0.15) is 11.1 Å². The predicted molar refractivity (Wildman–Crippen MR) is 71.8 cm³/mol. The minimum Gasteiger partial charge on any atom is -0.399 e. The zero-order valence-electron chi connectivity index (χ0n) is 10.2. The Kier molecular flexibility index (Phi) is 4.23. The van der Waals surface area contributed by atoms with Crippen LogP contribution in [-0.4, -0.2) is 0 Å². The van der Waals surface area contributed by atoms with E-state index in [1.165, 1.54) is 24.3 Å². The third kappa shape index (κ3) is 3.66. The van der Waals surface area contributed by atoms with Crippen molar-refractivity contribution in [3.8, 4) is 0 Å². The van der Waals surface area contributed by atoms with Crippen LogP contribution >= 0.6 is 11.8 Å². The smallest absolute Gasteiger partial charge is 0.399 e. The van der Waals surface area contributed by atoms with Crippen molar-refractivity contribution in [2.24, 2.45) is 0 Å². The molecule has 2 aromatic rings. The molecule has 106 valence electrons. The Morgan fingerprint density at radius 1 is 1.05 bits per heavy atom. The van der Waals surface area contributed by atoms with E-state index in [0.29, 0.717) is 4.90 Å². The van der Waals surface area contributed by atoms with Crippen LogP contribution < -0.4 is 5.73 Å². The number of hydrogen-bond donors (Lipinski definition) is 1. The minimum absolute atomic E-state index is 0.0958. The molecule has 1 nitrogen and oxygen atoms in total. The largest absolute Gasteiger partial charge is 0.416 e. The average Bonchev–Trinajstić information content (AvgIpc) is 2.34. The third-order valence-electron chi connectivity index (χ3n) is 2.61. The van der Waals surface area contributed by atoms with Gasteiger partial charge in [-0.25, -0.2) is 4.39 Å². The number of anilines is 1. The normalized spacial score (nSPS) is 11.6. The van der Waals surface area contributed by atoms with Crippen molar-refractivity contribution < 1.29 is 17.6 Å². The molecule has 2 rings (SSSR count). The first kappa shape index (κ1) is 14.7. The zero-order chi connectivity index (χ0) is 14.8. The summed E-state index contributed by atoms with van der Waals surface area (Å²) in [5, 5.41) is 0. The molecule has 0 aliphatic rings. The highest BCUT2D eigenvalue weighted by molar-refractivity contribution is 7.98. The molecule has 0 radical (unpaired) electrons. The van der Waals surface area contributed by atoms with Crippen molar-refractivity contribution in [1.82, 2.24) is 0 Å². The maximum atomic E-state index is 13.1. The molecule has 0 saturated heterocycles. The second-order valence-corrected chi connectivity index (χ2v) is 5.21. The molecular weight excluding hydrogens is 290 g/mol. The Bertz CT molecular complexity index is 590. The first-order valence-corrected chi connectivity index (χ1v) is 6.69. The summed E-state index contributed by atoms with van der Waals surface area (Å²) in [5.74, 6) is -0.407. The Morgan fingerprint density at radius 3 is 2.40 bits per heavy atom. The molecule has 0 atom stereocenters. The molecule has 0 unspecified atom stereocenters. The number of nitrogens with two attached hydrogens (primary N) is 1. The molecule has 2 N–H and O–H groups in total. The van der Waals surface area contributed by atoms with Gasteiger partial charge in [0.05, 0.1) is 5.56 Å². The number of nitrogen functional groups attached to an aromatic ring is 1. The van der Waals surface area contributed by atoms with Crippen molar-refractivity contribution in [1.29, 1.82) is 0 Å². The molecule has 0 bridgehead atoms. The van der Waals surface area contributed by atoms with Crippen molar-refractivity contribution in [2.75, 3.05) is 5.73 Å². The lowest BCUT2D eigenvalue weighted by atomic mass is 10.1. The van der Waals surface area contributed by atoms with Crippen LogP contribution in [0.25, 0.3) is 0 Å². The fourth-order valence-electron chi connectivity index (χ4n) is 1.75. The molecule has 2 aromatic carbocycles. The molecule has 0 amide bonds. The van der Waals surface area contributed by atoms with Gasteiger partial charge < -0.3 is 5.73 Å². The van der Waals surface area contributed by atoms with Crippen molar-refractivity contribution in [2.45, 2.75) is 16.8 Å². The van der Waals surface area contributed by atoms with Crippen LogP contribution in [0, 0.1) is 5.82 Å². The van der Waals surface area contributed by atoms with E-state index in [1.54, 1.807) is 6.07 Å². The molecule has 0 fully saturated rings. The van der Waals surface area contributed by atoms with Crippen LogP contribution in [0.5, 0.6) is 0 Å². The van der Waals surface area contributed by atoms with Gasteiger partial charge in [0.2, 0.25) is 0 Å². The highest BCUT2D eigenvalue weighted by Gasteiger charge is 2.32. The summed E-state index contributed by atoms with van der Waals surface area (Å²) in [6, 6.07) is 9.28. The average molecular weight is 301 g/mol. The molecule has 6 heteroatoms. The van der Waals surface area contributed by atoms with E-state index in [1.807, 2.05) is 0 Å². The number of halogens is 4. The predicted octanol–water partition coefficient (Wildman–Crippen LogP) is 4.72. The van der Waals surface area contributed by atoms with Crippen molar-refractivity contribution in [3.63, 3.8) is 0 Å². The molecule has 0 aliphatic heterocycles. The van der Waals surface area contributed by atoms with Gasteiger partial charge in [-0.15, -0.1) is 11.8 Å². The molecule has 0 heterocycles. The van der Waals surface area contributed by atoms with E-state index in [4.69, 9.17) is 5.73 Å². The SMILES string of the molecule is Nc1cc(F)cc(SCc2ccccc2C(F)(F)F)c1. The number of benzene rings is 2. The zero-order valence-corrected chi connectivity index (χ0v) is 11.1. The summed E-state index contributed by atoms with van der Waals surface area (Å²) in [6.07, 6.45) is -4.39. The first-order valence-electron chi connectivity index (χ1n) is 5.70. The van der Waals surface area contributed by atoms with E-state index in [0.717, 1.165) is 23.9 Å². The van der Waals surface area contributed by atoms with Crippen LogP contribution in [0.3, 0.4) is 0 Å². The van der Waals surface area contributed by atoms with Crippen LogP contribution in [0.15, 0.2) is 47.4 Å². The highest BCUT2D eigenvalue weighted by atomic mass is 32.2. The highest BCUT2D eigenvalue weighted by Crippen LogP contribution is 2.35. The molecule has 20 heavy (non-hydrogen) atoms. The maximum absolute atomic E-state index is 13.1. The summed E-state index contributed by atoms with van der Waals surface area (Å²) in [6.45, 7) is 0. The molecule has 0 aromatic heterocycles. The maximum Gasteiger partial charge on any atom is 0.416 e. The molecule has 0 saturated carbocycles. The van der Waals surface area contributed by atoms with Crippen molar-refractivity contribution in [3.05, 3.63) is 59.4 Å². The lowest BCUT2D eigenvalue weighted by Gasteiger charge is -2.12. The Balaban J connectivity index is 2.19. The Labute approximate surface area is 117 Å². The van der Waals surface area contributed by atoms with Gasteiger partial charge in [-0.1, -0.05) is 18.2 Å². The molecular formula is C14H11F4NS. The van der Waals surface area contributed by atoms with Gasteiger partial charge in [0, 0.05) is 16.3 Å². The van der Waals surface area contributed by atoms with E-state index >= 15 is 0 Å². The Morgan fingerprint density at radius 2 is 1.75 bits per heavy atom. The van der Waals surface area contributed by atoms with Crippen molar-refractivity contribution >= 4 is 17.4 Å². The lowest BCUT2D eigenvalue weighted by Crippen LogP contribution is -2.08. The van der Waals surface area contributed by atoms with Gasteiger partial charge in [0.25, 0.3) is 0 Å². The van der Waals surface area contributed by atoms with Gasteiger partial charge in [-0.2, -0.15) is 13.2 Å². The first-order chi connectivity index (χ1) is 9.36. The second-order valence-electron chi connectivity index (χ2n) is 4.16. The monoisotopic (exact) mass is 301 g/mol. The van der Waals surface area contributed by atoms with E-state index < -0.39 is 17.6 Å². The van der Waals surface area contributed by atoms with Gasteiger partial charge in [-0.05, 0) is 29.8 Å². The van der Waals surface area contributed by atoms with E-state index in [2.05, 4.69) is 0 Å². The topological polar surface area (TPSA) is 26.0 Å². The summed E-state index contributed by atoms with van der Waals surface area (Å²) < 4.78 is 51.6. The summed E-state index contributed by atoms with van der Waals surface area (Å²) >= 11 is 1.11. The molecule has 0 spiro atoms. The quantitative estimate of drug-likeness (QED) is 0.504. The minimum atomic E-state index is -4.39. The van der Waals surface area contributed by atoms with E-state index in [9.17, 15) is 17.6 Å². The lowest BCUT2D eigenvalue weighted by molar-refractivity contribution is -0.138. The van der Waals surface area contributed by atoms with Crippen LogP contribution in [0.2, 0.25) is 0 Å². The number of alkyl halides is 3. The van der Waals surface area contributed by atoms with Gasteiger partial charge in [0.15, 0.2) is 0 Å². The fourth-order valence-corrected chi connectivity index (χ4v) is 2.74. The van der Waals surface area contributed by atoms with Crippen LogP contribution in [-0.2, 0) is 11.9 Å². The standard InChI is InChI=1S/C14H11F4NS/c15-10-5-11(19)7-12(6-10)20-8-9-3-1-2-4-13(9)14(16,17)18/h1-7H,8,19H2. The van der Waals surface area contributed by atoms with E-state index in [-0.39, 0.29) is 17.0 Å². The molecule has 0 aliphatic carbocycles. The Hall–Kier alpha value is -1.69. The number of rotatable bonds is 3. The summed E-state index contributed by atoms with van der Waals surface area (Å²) in [7, 11) is 0. The summed E-state index contributed by atoms with van der Waals surface area (Å²) in [5.41, 5.74) is 5.23. The third-order valence-corrected chi connectivity index (χ3v) is 3.64. The van der Waals surface area contributed by atoms with Crippen LogP contribution in [0.4, 0.5) is 23.2 Å². The summed E-state index contributed by atoms with van der Waals surface area (Å²) in [4.78, 5) is 0.500. The number of thioether (sulfide) groups is 1. The van der Waals surface area contributed by atoms with Gasteiger partial charge in [-0.3, -0.25) is 0 Å². The van der Waals surface area contributed by atoms with Gasteiger partial charge >= 0.3 is 6.18 Å². The number of hydrogen-bond acceptors (Lipinski definition) is 2. The second kappa shape index (κ2) is 5.75. The van der Waals surface area contributed by atoms with Gasteiger partial charge in [0.1, 0.15) is 5.82 Å².